The molecule has 7 nitrogen and oxygen atoms in total. The fourth-order valence-electron chi connectivity index (χ4n) is 3.34. The number of rotatable bonds is 4. The van der Waals surface area contributed by atoms with E-state index in [1.807, 2.05) is 30.3 Å². The molecule has 2 aliphatic heterocycles. The lowest BCUT2D eigenvalue weighted by molar-refractivity contribution is -0.297. The van der Waals surface area contributed by atoms with Crippen LogP contribution in [0.25, 0.3) is 10.4 Å². The van der Waals surface area contributed by atoms with Crippen LogP contribution in [0.3, 0.4) is 0 Å². The molecule has 0 aliphatic carbocycles. The minimum atomic E-state index is -1.11. The third kappa shape index (κ3) is 4.50. The zero-order valence-electron chi connectivity index (χ0n) is 15.0. The van der Waals surface area contributed by atoms with E-state index in [0.29, 0.717) is 14.9 Å². The molecule has 0 radical (unpaired) electrons. The van der Waals surface area contributed by atoms with Gasteiger partial charge in [-0.25, -0.2) is 0 Å². The van der Waals surface area contributed by atoms with Crippen molar-refractivity contribution in [3.05, 3.63) is 74.6 Å². The Balaban J connectivity index is 1.56. The van der Waals surface area contributed by atoms with Gasteiger partial charge in [-0.1, -0.05) is 70.4 Å². The summed E-state index contributed by atoms with van der Waals surface area (Å²) in [6, 6.07) is 13.6. The quantitative estimate of drug-likeness (QED) is 0.400. The van der Waals surface area contributed by atoms with Crippen molar-refractivity contribution in [1.29, 1.82) is 0 Å². The summed E-state index contributed by atoms with van der Waals surface area (Å²) in [6.07, 6.45) is -2.89. The first kappa shape index (κ1) is 20.8. The largest absolute Gasteiger partial charge is 0.389 e. The smallest absolute Gasteiger partial charge is 0.184 e. The number of hydrogen-bond donors (Lipinski definition) is 1. The van der Waals surface area contributed by atoms with Crippen LogP contribution in [-0.4, -0.2) is 41.5 Å². The molecule has 4 rings (SSSR count). The summed E-state index contributed by atoms with van der Waals surface area (Å²) in [4.78, 5) is 3.56. The Morgan fingerprint density at radius 3 is 2.69 bits per heavy atom. The Kier molecular flexibility index (Phi) is 6.53. The third-order valence-corrected chi connectivity index (χ3v) is 6.62. The van der Waals surface area contributed by atoms with Gasteiger partial charge in [0.1, 0.15) is 23.7 Å². The van der Waals surface area contributed by atoms with E-state index < -0.39 is 36.1 Å². The van der Waals surface area contributed by atoms with Gasteiger partial charge in [-0.3, -0.25) is 0 Å². The molecule has 2 fully saturated rings. The van der Waals surface area contributed by atoms with Crippen molar-refractivity contribution in [3.63, 3.8) is 0 Å². The van der Waals surface area contributed by atoms with Crippen LogP contribution in [0.5, 0.6) is 0 Å². The summed E-state index contributed by atoms with van der Waals surface area (Å²) in [5.41, 5.74) is 9.14. The average molecular weight is 454 g/mol. The number of thioether (sulfide) groups is 1. The van der Waals surface area contributed by atoms with Crippen molar-refractivity contribution >= 4 is 35.0 Å². The van der Waals surface area contributed by atoms with E-state index in [1.54, 1.807) is 18.2 Å². The number of aliphatic hydroxyl groups is 1. The van der Waals surface area contributed by atoms with Crippen LogP contribution in [0.4, 0.5) is 0 Å². The highest BCUT2D eigenvalue weighted by molar-refractivity contribution is 8.00. The highest BCUT2D eigenvalue weighted by Crippen LogP contribution is 2.42. The van der Waals surface area contributed by atoms with E-state index in [1.165, 1.54) is 11.8 Å². The first-order valence-electron chi connectivity index (χ1n) is 8.88. The van der Waals surface area contributed by atoms with Gasteiger partial charge in [-0.05, 0) is 23.7 Å². The van der Waals surface area contributed by atoms with Crippen LogP contribution in [0.15, 0.2) is 58.5 Å². The standard InChI is InChI=1S/C19H17Cl2N3O4S/c20-11-6-7-12(21)14(8-11)29-19-16(25)15(23-24-22)17-13(27-19)9-26-18(28-17)10-4-2-1-3-5-10/h1-8,13,15-19,25H,9H2/t13?,15?,16?,17-,18?,19+/m0/s1. The van der Waals surface area contributed by atoms with Crippen molar-refractivity contribution in [2.75, 3.05) is 6.61 Å². The van der Waals surface area contributed by atoms with Gasteiger partial charge in [-0.15, -0.1) is 0 Å². The van der Waals surface area contributed by atoms with Gasteiger partial charge in [0, 0.05) is 20.4 Å². The predicted molar refractivity (Wildman–Crippen MR) is 110 cm³/mol. The van der Waals surface area contributed by atoms with Crippen molar-refractivity contribution in [1.82, 2.24) is 0 Å². The Labute approximate surface area is 181 Å². The maximum atomic E-state index is 10.9. The van der Waals surface area contributed by atoms with E-state index in [9.17, 15) is 5.11 Å². The lowest BCUT2D eigenvalue weighted by atomic mass is 9.97. The highest BCUT2D eigenvalue weighted by Gasteiger charge is 2.49. The van der Waals surface area contributed by atoms with Gasteiger partial charge in [-0.2, -0.15) is 0 Å². The summed E-state index contributed by atoms with van der Waals surface area (Å²) in [5, 5.41) is 15.7. The summed E-state index contributed by atoms with van der Waals surface area (Å²) < 4.78 is 17.9. The highest BCUT2D eigenvalue weighted by atomic mass is 35.5. The predicted octanol–water partition coefficient (Wildman–Crippen LogP) is 4.96. The lowest BCUT2D eigenvalue weighted by Gasteiger charge is -2.46. The van der Waals surface area contributed by atoms with Gasteiger partial charge >= 0.3 is 0 Å². The number of ether oxygens (including phenoxy) is 3. The van der Waals surface area contributed by atoms with E-state index >= 15 is 0 Å². The molecule has 0 bridgehead atoms. The van der Waals surface area contributed by atoms with Crippen molar-refractivity contribution in [2.24, 2.45) is 5.11 Å². The Bertz CT molecular complexity index is 916. The molecule has 2 aliphatic rings. The molecular formula is C19H17Cl2N3O4S. The molecule has 0 aromatic heterocycles. The summed E-state index contributed by atoms with van der Waals surface area (Å²) in [5.74, 6) is 0. The molecule has 152 valence electrons. The van der Waals surface area contributed by atoms with Crippen molar-refractivity contribution in [2.45, 2.75) is 41.0 Å². The minimum Gasteiger partial charge on any atom is -0.389 e. The van der Waals surface area contributed by atoms with Gasteiger partial charge in [0.05, 0.1) is 17.7 Å². The second-order valence-corrected chi connectivity index (χ2v) is 8.58. The molecule has 29 heavy (non-hydrogen) atoms. The maximum absolute atomic E-state index is 10.9. The van der Waals surface area contributed by atoms with Crippen LogP contribution in [0.2, 0.25) is 10.0 Å². The fraction of sp³-hybridized carbons (Fsp3) is 0.368. The number of halogens is 2. The van der Waals surface area contributed by atoms with E-state index in [2.05, 4.69) is 10.0 Å². The van der Waals surface area contributed by atoms with E-state index in [4.69, 9.17) is 42.9 Å². The molecule has 2 heterocycles. The van der Waals surface area contributed by atoms with E-state index in [-0.39, 0.29) is 6.61 Å². The first-order chi connectivity index (χ1) is 14.1. The summed E-state index contributed by atoms with van der Waals surface area (Å²) in [6.45, 7) is 0.231. The molecule has 0 amide bonds. The van der Waals surface area contributed by atoms with Crippen molar-refractivity contribution < 1.29 is 19.3 Å². The van der Waals surface area contributed by atoms with Gasteiger partial charge < -0.3 is 19.3 Å². The Morgan fingerprint density at radius 2 is 1.93 bits per heavy atom. The number of azide groups is 1. The number of benzene rings is 2. The normalized spacial score (nSPS) is 31.6. The SMILES string of the molecule is [N-]=[N+]=NC1C(O)[C@@H](Sc2cc(Cl)ccc2Cl)OC2COC(c3ccccc3)O[C@@H]21. The molecule has 4 unspecified atom stereocenters. The monoisotopic (exact) mass is 453 g/mol. The molecule has 10 heteroatoms. The number of fused-ring (bicyclic) bond motifs is 1. The maximum Gasteiger partial charge on any atom is 0.184 e. The van der Waals surface area contributed by atoms with Crippen LogP contribution >= 0.6 is 35.0 Å². The summed E-state index contributed by atoms with van der Waals surface area (Å²) >= 11 is 13.5. The van der Waals surface area contributed by atoms with Gasteiger partial charge in [0.15, 0.2) is 6.29 Å². The first-order valence-corrected chi connectivity index (χ1v) is 10.5. The van der Waals surface area contributed by atoms with Crippen LogP contribution in [0.1, 0.15) is 11.9 Å². The molecule has 0 spiro atoms. The molecule has 2 saturated heterocycles. The molecule has 6 atom stereocenters. The Morgan fingerprint density at radius 1 is 1.14 bits per heavy atom. The number of hydrogen-bond acceptors (Lipinski definition) is 6. The molecule has 2 aromatic carbocycles. The number of aliphatic hydroxyl groups excluding tert-OH is 1. The molecule has 0 saturated carbocycles. The van der Waals surface area contributed by atoms with Gasteiger partial charge in [0.25, 0.3) is 0 Å². The van der Waals surface area contributed by atoms with Gasteiger partial charge in [0.2, 0.25) is 0 Å². The second-order valence-electron chi connectivity index (χ2n) is 6.60. The Hall–Kier alpha value is -1.48. The fourth-order valence-corrected chi connectivity index (χ4v) is 4.95. The minimum absolute atomic E-state index is 0.231. The van der Waals surface area contributed by atoms with Crippen molar-refractivity contribution in [3.8, 4) is 0 Å². The molecular weight excluding hydrogens is 437 g/mol. The lowest BCUT2D eigenvalue weighted by Crippen LogP contribution is -2.60. The number of nitrogens with zero attached hydrogens (tertiary/aromatic N) is 3. The second kappa shape index (κ2) is 9.12. The topological polar surface area (TPSA) is 96.7 Å². The van der Waals surface area contributed by atoms with E-state index in [0.717, 1.165) is 5.56 Å². The zero-order valence-corrected chi connectivity index (χ0v) is 17.3. The third-order valence-electron chi connectivity index (χ3n) is 4.73. The molecule has 1 N–H and O–H groups in total. The van der Waals surface area contributed by atoms with Crippen LogP contribution in [-0.2, 0) is 14.2 Å². The zero-order chi connectivity index (χ0) is 20.4. The summed E-state index contributed by atoms with van der Waals surface area (Å²) in [7, 11) is 0. The molecule has 2 aromatic rings. The van der Waals surface area contributed by atoms with Crippen LogP contribution < -0.4 is 0 Å². The average Bonchev–Trinajstić information content (AvgIpc) is 2.74. The van der Waals surface area contributed by atoms with Crippen LogP contribution in [0, 0.1) is 0 Å².